The van der Waals surface area contributed by atoms with Crippen molar-refractivity contribution in [3.05, 3.63) is 48.0 Å². The summed E-state index contributed by atoms with van der Waals surface area (Å²) in [6, 6.07) is 12.1. The molecule has 0 fully saturated rings. The number of hydrogen-bond donors (Lipinski definition) is 4. The maximum atomic E-state index is 11.2. The Morgan fingerprint density at radius 3 is 2.19 bits per heavy atom. The summed E-state index contributed by atoms with van der Waals surface area (Å²) in [7, 11) is 0. The van der Waals surface area contributed by atoms with Crippen LogP contribution in [0.15, 0.2) is 42.5 Å². The Morgan fingerprint density at radius 2 is 1.62 bits per heavy atom. The number of anilines is 4. The summed E-state index contributed by atoms with van der Waals surface area (Å²) in [5, 5.41) is 5.78. The van der Waals surface area contributed by atoms with Crippen LogP contribution in [-0.4, -0.2) is 11.8 Å². The molecule has 2 aromatic rings. The van der Waals surface area contributed by atoms with Crippen LogP contribution in [0.5, 0.6) is 0 Å². The third-order valence-corrected chi connectivity index (χ3v) is 2.86. The molecule has 0 bridgehead atoms. The molecule has 0 aliphatic carbocycles. The van der Waals surface area contributed by atoms with E-state index in [0.717, 1.165) is 5.69 Å². The van der Waals surface area contributed by atoms with Crippen molar-refractivity contribution >= 4 is 34.6 Å². The van der Waals surface area contributed by atoms with E-state index in [2.05, 4.69) is 10.6 Å². The lowest BCUT2D eigenvalue weighted by Gasteiger charge is -2.12. The second-order valence-electron chi connectivity index (χ2n) is 4.51. The molecule has 2 aromatic carbocycles. The average molecular weight is 284 g/mol. The minimum Gasteiger partial charge on any atom is -0.396 e. The van der Waals surface area contributed by atoms with Crippen LogP contribution in [0.3, 0.4) is 0 Å². The van der Waals surface area contributed by atoms with Crippen molar-refractivity contribution in [2.75, 3.05) is 16.4 Å². The number of carbonyl (C=O) groups excluding carboxylic acids is 2. The Kier molecular flexibility index (Phi) is 4.08. The molecule has 0 saturated heterocycles. The Balaban J connectivity index is 2.20. The van der Waals surface area contributed by atoms with Crippen LogP contribution in [0, 0.1) is 0 Å². The fourth-order valence-corrected chi connectivity index (χ4v) is 1.88. The fraction of sp³-hybridized carbons (Fsp3) is 0.0667. The summed E-state index contributed by atoms with van der Waals surface area (Å²) < 4.78 is 0. The van der Waals surface area contributed by atoms with Crippen molar-refractivity contribution < 1.29 is 9.59 Å². The quantitative estimate of drug-likeness (QED) is 0.644. The first kappa shape index (κ1) is 14.4. The zero-order valence-electron chi connectivity index (χ0n) is 11.5. The highest BCUT2D eigenvalue weighted by Crippen LogP contribution is 2.26. The van der Waals surface area contributed by atoms with E-state index in [4.69, 9.17) is 11.5 Å². The van der Waals surface area contributed by atoms with E-state index >= 15 is 0 Å². The number of carbonyl (C=O) groups is 2. The summed E-state index contributed by atoms with van der Waals surface area (Å²) in [6.45, 7) is 1.45. The third kappa shape index (κ3) is 3.50. The average Bonchev–Trinajstić information content (AvgIpc) is 2.42. The number of nitrogens with one attached hydrogen (secondary N) is 2. The number of nitrogen functional groups attached to an aromatic ring is 1. The van der Waals surface area contributed by atoms with Crippen LogP contribution in [0.1, 0.15) is 17.3 Å². The highest BCUT2D eigenvalue weighted by Gasteiger charge is 2.09. The number of hydrogen-bond acceptors (Lipinski definition) is 4. The maximum absolute atomic E-state index is 11.2. The topological polar surface area (TPSA) is 110 Å². The minimum atomic E-state index is -0.572. The molecule has 0 saturated carbocycles. The fourth-order valence-electron chi connectivity index (χ4n) is 1.88. The molecule has 21 heavy (non-hydrogen) atoms. The summed E-state index contributed by atoms with van der Waals surface area (Å²) in [5.74, 6) is -0.703. The van der Waals surface area contributed by atoms with E-state index < -0.39 is 5.91 Å². The number of rotatable bonds is 4. The molecule has 6 nitrogen and oxygen atoms in total. The summed E-state index contributed by atoms with van der Waals surface area (Å²) in [5.41, 5.74) is 13.8. The zero-order valence-corrected chi connectivity index (χ0v) is 11.5. The predicted molar refractivity (Wildman–Crippen MR) is 83.4 cm³/mol. The van der Waals surface area contributed by atoms with Crippen molar-refractivity contribution in [3.8, 4) is 0 Å². The van der Waals surface area contributed by atoms with E-state index in [0.29, 0.717) is 17.1 Å². The second-order valence-corrected chi connectivity index (χ2v) is 4.51. The lowest BCUT2D eigenvalue weighted by Crippen LogP contribution is -2.14. The van der Waals surface area contributed by atoms with E-state index in [1.807, 2.05) is 0 Å². The number of nitrogens with two attached hydrogens (primary N) is 2. The van der Waals surface area contributed by atoms with E-state index in [9.17, 15) is 9.59 Å². The van der Waals surface area contributed by atoms with Crippen molar-refractivity contribution in [1.82, 2.24) is 0 Å². The number of primary amides is 1. The Morgan fingerprint density at radius 1 is 1.00 bits per heavy atom. The molecule has 2 rings (SSSR count). The highest BCUT2D eigenvalue weighted by molar-refractivity contribution is 6.01. The largest absolute Gasteiger partial charge is 0.396 e. The predicted octanol–water partition coefficient (Wildman–Crippen LogP) is 2.07. The first-order chi connectivity index (χ1) is 9.97. The zero-order chi connectivity index (χ0) is 15.4. The van der Waals surface area contributed by atoms with Gasteiger partial charge in [-0.1, -0.05) is 6.07 Å². The monoisotopic (exact) mass is 284 g/mol. The Hall–Kier alpha value is -3.02. The molecule has 0 spiro atoms. The van der Waals surface area contributed by atoms with Gasteiger partial charge in [-0.2, -0.15) is 0 Å². The van der Waals surface area contributed by atoms with Gasteiger partial charge >= 0.3 is 0 Å². The van der Waals surface area contributed by atoms with Gasteiger partial charge in [0.25, 0.3) is 5.91 Å². The molecule has 0 heterocycles. The van der Waals surface area contributed by atoms with E-state index in [-0.39, 0.29) is 11.5 Å². The lowest BCUT2D eigenvalue weighted by atomic mass is 10.1. The van der Waals surface area contributed by atoms with E-state index in [1.165, 1.54) is 6.92 Å². The lowest BCUT2D eigenvalue weighted by molar-refractivity contribution is -0.114. The van der Waals surface area contributed by atoms with Gasteiger partial charge in [0.2, 0.25) is 5.91 Å². The van der Waals surface area contributed by atoms with Gasteiger partial charge in [0.05, 0.1) is 16.9 Å². The van der Waals surface area contributed by atoms with Crippen molar-refractivity contribution in [3.63, 3.8) is 0 Å². The van der Waals surface area contributed by atoms with E-state index in [1.54, 1.807) is 42.5 Å². The van der Waals surface area contributed by atoms with Gasteiger partial charge in [0.1, 0.15) is 0 Å². The first-order valence-corrected chi connectivity index (χ1v) is 6.30. The first-order valence-electron chi connectivity index (χ1n) is 6.30. The van der Waals surface area contributed by atoms with Gasteiger partial charge < -0.3 is 22.1 Å². The molecule has 0 aromatic heterocycles. The van der Waals surface area contributed by atoms with Gasteiger partial charge in [0.15, 0.2) is 0 Å². The molecule has 6 N–H and O–H groups in total. The summed E-state index contributed by atoms with van der Waals surface area (Å²) >= 11 is 0. The number of benzene rings is 2. The highest BCUT2D eigenvalue weighted by atomic mass is 16.1. The smallest absolute Gasteiger partial charge is 0.250 e. The van der Waals surface area contributed by atoms with Crippen LogP contribution >= 0.6 is 0 Å². The van der Waals surface area contributed by atoms with Crippen LogP contribution in [0.25, 0.3) is 0 Å². The Labute approximate surface area is 122 Å². The van der Waals surface area contributed by atoms with Gasteiger partial charge in [-0.3, -0.25) is 9.59 Å². The molecular weight excluding hydrogens is 268 g/mol. The van der Waals surface area contributed by atoms with Crippen LogP contribution in [0.4, 0.5) is 22.7 Å². The molecule has 0 aliphatic heterocycles. The van der Waals surface area contributed by atoms with Crippen molar-refractivity contribution in [2.24, 2.45) is 5.73 Å². The van der Waals surface area contributed by atoms with Crippen molar-refractivity contribution in [1.29, 1.82) is 0 Å². The third-order valence-electron chi connectivity index (χ3n) is 2.86. The molecular formula is C15H16N4O2. The number of para-hydroxylation sites is 1. The second kappa shape index (κ2) is 5.96. The normalized spacial score (nSPS) is 9.95. The summed E-state index contributed by atoms with van der Waals surface area (Å²) in [6.07, 6.45) is 0. The van der Waals surface area contributed by atoms with Gasteiger partial charge in [-0.25, -0.2) is 0 Å². The molecule has 0 radical (unpaired) electrons. The summed E-state index contributed by atoms with van der Waals surface area (Å²) in [4.78, 5) is 22.2. The molecule has 6 heteroatoms. The Bertz CT molecular complexity index is 681. The van der Waals surface area contributed by atoms with Crippen LogP contribution in [0.2, 0.25) is 0 Å². The van der Waals surface area contributed by atoms with Gasteiger partial charge in [0, 0.05) is 18.3 Å². The molecule has 108 valence electrons. The van der Waals surface area contributed by atoms with Gasteiger partial charge in [-0.05, 0) is 36.4 Å². The van der Waals surface area contributed by atoms with Gasteiger partial charge in [-0.15, -0.1) is 0 Å². The molecule has 2 amide bonds. The van der Waals surface area contributed by atoms with Crippen molar-refractivity contribution in [2.45, 2.75) is 6.92 Å². The van der Waals surface area contributed by atoms with Crippen LogP contribution in [-0.2, 0) is 4.79 Å². The molecule has 0 unspecified atom stereocenters. The molecule has 0 aliphatic rings. The minimum absolute atomic E-state index is 0.130. The standard InChI is InChI=1S/C15H16N4O2/c1-9(20)18-10-5-7-11(8-6-10)19-13-4-2-3-12(14(13)16)15(17)21/h2-8,19H,16H2,1H3,(H2,17,21)(H,18,20). The molecule has 0 atom stereocenters. The number of amides is 2. The SMILES string of the molecule is CC(=O)Nc1ccc(Nc2cccc(C(N)=O)c2N)cc1. The van der Waals surface area contributed by atoms with Crippen LogP contribution < -0.4 is 22.1 Å². The maximum Gasteiger partial charge on any atom is 0.250 e.